The number of benzene rings is 2. The smallest absolute Gasteiger partial charge is 0.117 e. The van der Waals surface area contributed by atoms with Crippen molar-refractivity contribution in [3.05, 3.63) is 59.1 Å². The van der Waals surface area contributed by atoms with E-state index in [1.807, 2.05) is 36.4 Å². The van der Waals surface area contributed by atoms with Crippen LogP contribution >= 0.6 is 23.1 Å². The summed E-state index contributed by atoms with van der Waals surface area (Å²) in [6.45, 7) is 0.757. The summed E-state index contributed by atoms with van der Waals surface area (Å²) in [6.07, 6.45) is 0. The Morgan fingerprint density at radius 3 is 2.89 bits per heavy atom. The van der Waals surface area contributed by atoms with E-state index in [9.17, 15) is 0 Å². The summed E-state index contributed by atoms with van der Waals surface area (Å²) in [4.78, 5) is 0. The van der Waals surface area contributed by atoms with E-state index in [0.717, 1.165) is 22.1 Å². The highest BCUT2D eigenvalue weighted by Crippen LogP contribution is 2.27. The van der Waals surface area contributed by atoms with E-state index in [-0.39, 0.29) is 0 Å². The van der Waals surface area contributed by atoms with Gasteiger partial charge in [0.15, 0.2) is 0 Å². The first-order valence-electron chi connectivity index (χ1n) is 5.66. The van der Waals surface area contributed by atoms with E-state index in [2.05, 4.69) is 21.8 Å². The van der Waals surface area contributed by atoms with Gasteiger partial charge in [-0.15, -0.1) is 0 Å². The lowest BCUT2D eigenvalue weighted by molar-refractivity contribution is 1.16. The SMILES string of the molecule is Clc1cccc(CNc2snc3ccccc23)c1. The molecule has 0 amide bonds. The fourth-order valence-corrected chi connectivity index (χ4v) is 2.82. The molecule has 0 aliphatic carbocycles. The Hall–Kier alpha value is -1.58. The molecule has 0 aliphatic rings. The molecule has 0 bridgehead atoms. The van der Waals surface area contributed by atoms with Crippen LogP contribution < -0.4 is 5.32 Å². The van der Waals surface area contributed by atoms with Crippen molar-refractivity contribution >= 4 is 39.0 Å². The Bertz CT molecular complexity index is 678. The second-order valence-electron chi connectivity index (χ2n) is 4.01. The molecule has 0 unspecified atom stereocenters. The maximum atomic E-state index is 5.96. The maximum absolute atomic E-state index is 5.96. The minimum Gasteiger partial charge on any atom is -0.371 e. The minimum atomic E-state index is 0.757. The van der Waals surface area contributed by atoms with Crippen molar-refractivity contribution in [2.75, 3.05) is 5.32 Å². The van der Waals surface area contributed by atoms with Gasteiger partial charge in [-0.3, -0.25) is 0 Å². The quantitative estimate of drug-likeness (QED) is 0.757. The molecule has 4 heteroatoms. The lowest BCUT2D eigenvalue weighted by Crippen LogP contribution is -1.97. The van der Waals surface area contributed by atoms with E-state index >= 15 is 0 Å². The highest BCUT2D eigenvalue weighted by Gasteiger charge is 2.04. The Morgan fingerprint density at radius 2 is 2.00 bits per heavy atom. The highest BCUT2D eigenvalue weighted by molar-refractivity contribution is 7.11. The van der Waals surface area contributed by atoms with Crippen LogP contribution in [-0.4, -0.2) is 4.37 Å². The van der Waals surface area contributed by atoms with Gasteiger partial charge in [0, 0.05) is 17.0 Å². The normalized spacial score (nSPS) is 10.7. The highest BCUT2D eigenvalue weighted by atomic mass is 35.5. The van der Waals surface area contributed by atoms with Crippen LogP contribution in [0.3, 0.4) is 0 Å². The molecule has 1 aromatic heterocycles. The number of halogens is 1. The molecule has 3 rings (SSSR count). The number of rotatable bonds is 3. The lowest BCUT2D eigenvalue weighted by Gasteiger charge is -2.04. The first kappa shape index (κ1) is 11.5. The summed E-state index contributed by atoms with van der Waals surface area (Å²) in [5.41, 5.74) is 2.20. The Balaban J connectivity index is 1.81. The van der Waals surface area contributed by atoms with Crippen LogP contribution in [0.25, 0.3) is 10.9 Å². The molecule has 1 N–H and O–H groups in total. The fourth-order valence-electron chi connectivity index (χ4n) is 1.85. The molecule has 90 valence electrons. The third-order valence-electron chi connectivity index (χ3n) is 2.73. The predicted molar refractivity (Wildman–Crippen MR) is 78.4 cm³/mol. The number of nitrogens with one attached hydrogen (secondary N) is 1. The molecule has 18 heavy (non-hydrogen) atoms. The van der Waals surface area contributed by atoms with Crippen molar-refractivity contribution in [2.24, 2.45) is 0 Å². The van der Waals surface area contributed by atoms with E-state index in [0.29, 0.717) is 0 Å². The summed E-state index contributed by atoms with van der Waals surface area (Å²) in [6, 6.07) is 16.0. The Morgan fingerprint density at radius 1 is 1.11 bits per heavy atom. The summed E-state index contributed by atoms with van der Waals surface area (Å²) in [7, 11) is 0. The first-order valence-corrected chi connectivity index (χ1v) is 6.81. The molecule has 0 spiro atoms. The molecular formula is C14H11ClN2S. The third-order valence-corrected chi connectivity index (χ3v) is 3.80. The summed E-state index contributed by atoms with van der Waals surface area (Å²) >= 11 is 7.46. The van der Waals surface area contributed by atoms with Gasteiger partial charge in [0.05, 0.1) is 5.52 Å². The van der Waals surface area contributed by atoms with Gasteiger partial charge in [-0.2, -0.15) is 4.37 Å². The topological polar surface area (TPSA) is 24.9 Å². The van der Waals surface area contributed by atoms with Crippen molar-refractivity contribution in [1.29, 1.82) is 0 Å². The number of nitrogens with zero attached hydrogens (tertiary/aromatic N) is 1. The van der Waals surface area contributed by atoms with Crippen molar-refractivity contribution in [2.45, 2.75) is 6.54 Å². The van der Waals surface area contributed by atoms with E-state index < -0.39 is 0 Å². The van der Waals surface area contributed by atoms with Crippen molar-refractivity contribution in [3.8, 4) is 0 Å². The Kier molecular flexibility index (Phi) is 3.17. The summed E-state index contributed by atoms with van der Waals surface area (Å²) < 4.78 is 4.40. The molecule has 0 aliphatic heterocycles. The van der Waals surface area contributed by atoms with E-state index in [1.54, 1.807) is 0 Å². The number of hydrogen-bond acceptors (Lipinski definition) is 3. The van der Waals surface area contributed by atoms with Gasteiger partial charge in [0.2, 0.25) is 0 Å². The van der Waals surface area contributed by atoms with Gasteiger partial charge >= 0.3 is 0 Å². The molecular weight excluding hydrogens is 264 g/mol. The van der Waals surface area contributed by atoms with Gasteiger partial charge in [-0.1, -0.05) is 35.9 Å². The van der Waals surface area contributed by atoms with Gasteiger partial charge in [0.1, 0.15) is 5.00 Å². The van der Waals surface area contributed by atoms with Crippen LogP contribution in [0.15, 0.2) is 48.5 Å². The van der Waals surface area contributed by atoms with E-state index in [4.69, 9.17) is 11.6 Å². The van der Waals surface area contributed by atoms with Gasteiger partial charge in [0.25, 0.3) is 0 Å². The van der Waals surface area contributed by atoms with Gasteiger partial charge in [-0.25, -0.2) is 0 Å². The molecule has 0 fully saturated rings. The standard InChI is InChI=1S/C14H11ClN2S/c15-11-5-3-4-10(8-11)9-16-14-12-6-1-2-7-13(12)17-18-14/h1-8,16H,9H2. The van der Waals surface area contributed by atoms with Crippen LogP contribution in [0, 0.1) is 0 Å². The molecule has 1 heterocycles. The third kappa shape index (κ3) is 2.33. The Labute approximate surface area is 114 Å². The van der Waals surface area contributed by atoms with E-state index in [1.165, 1.54) is 22.5 Å². The van der Waals surface area contributed by atoms with Gasteiger partial charge in [-0.05, 0) is 41.4 Å². The molecule has 0 radical (unpaired) electrons. The zero-order valence-corrected chi connectivity index (χ0v) is 11.1. The maximum Gasteiger partial charge on any atom is 0.117 e. The van der Waals surface area contributed by atoms with Crippen molar-refractivity contribution < 1.29 is 0 Å². The summed E-state index contributed by atoms with van der Waals surface area (Å²) in [5, 5.41) is 6.45. The zero-order valence-electron chi connectivity index (χ0n) is 9.56. The van der Waals surface area contributed by atoms with Gasteiger partial charge < -0.3 is 5.32 Å². The van der Waals surface area contributed by atoms with Crippen LogP contribution in [-0.2, 0) is 6.54 Å². The average molecular weight is 275 g/mol. The van der Waals surface area contributed by atoms with Crippen LogP contribution in [0.2, 0.25) is 5.02 Å². The van der Waals surface area contributed by atoms with Crippen LogP contribution in [0.1, 0.15) is 5.56 Å². The monoisotopic (exact) mass is 274 g/mol. The molecule has 3 aromatic rings. The molecule has 2 aromatic carbocycles. The molecule has 0 atom stereocenters. The first-order chi connectivity index (χ1) is 8.83. The number of aromatic nitrogens is 1. The molecule has 0 saturated carbocycles. The zero-order chi connectivity index (χ0) is 12.4. The second kappa shape index (κ2) is 4.96. The predicted octanol–water partition coefficient (Wildman–Crippen LogP) is 4.56. The summed E-state index contributed by atoms with van der Waals surface area (Å²) in [5.74, 6) is 0. The number of fused-ring (bicyclic) bond motifs is 1. The number of hydrogen-bond donors (Lipinski definition) is 1. The largest absolute Gasteiger partial charge is 0.371 e. The molecule has 0 saturated heterocycles. The molecule has 2 nitrogen and oxygen atoms in total. The van der Waals surface area contributed by atoms with Crippen molar-refractivity contribution in [3.63, 3.8) is 0 Å². The second-order valence-corrected chi connectivity index (χ2v) is 5.22. The lowest BCUT2D eigenvalue weighted by atomic mass is 10.2. The number of anilines is 1. The average Bonchev–Trinajstić information content (AvgIpc) is 2.80. The minimum absolute atomic E-state index is 0.757. The van der Waals surface area contributed by atoms with Crippen molar-refractivity contribution in [1.82, 2.24) is 4.37 Å². The van der Waals surface area contributed by atoms with Crippen LogP contribution in [0.4, 0.5) is 5.00 Å². The fraction of sp³-hybridized carbons (Fsp3) is 0.0714. The van der Waals surface area contributed by atoms with Crippen LogP contribution in [0.5, 0.6) is 0 Å².